The van der Waals surface area contributed by atoms with Crippen LogP contribution in [0.2, 0.25) is 0 Å². The summed E-state index contributed by atoms with van der Waals surface area (Å²) < 4.78 is 79.0. The summed E-state index contributed by atoms with van der Waals surface area (Å²) in [6, 6.07) is 15.6. The second kappa shape index (κ2) is 14.8. The quantitative estimate of drug-likeness (QED) is 0.124. The molecule has 0 saturated carbocycles. The maximum absolute atomic E-state index is 15.7. The number of pyridine rings is 1. The van der Waals surface area contributed by atoms with Gasteiger partial charge in [-0.05, 0) is 78.9 Å². The molecule has 1 unspecified atom stereocenters. The maximum Gasteiger partial charge on any atom is 0.301 e. The van der Waals surface area contributed by atoms with E-state index in [-0.39, 0.29) is 53.8 Å². The van der Waals surface area contributed by atoms with E-state index < -0.39 is 63.5 Å². The van der Waals surface area contributed by atoms with Gasteiger partial charge in [0.1, 0.15) is 36.0 Å². The van der Waals surface area contributed by atoms with Crippen LogP contribution < -0.4 is 19.7 Å². The average molecular weight is 828 g/mol. The summed E-state index contributed by atoms with van der Waals surface area (Å²) in [7, 11) is -4.37. The topological polar surface area (TPSA) is 174 Å². The number of ketones is 1. The van der Waals surface area contributed by atoms with Crippen LogP contribution in [0.4, 0.5) is 24.5 Å². The van der Waals surface area contributed by atoms with E-state index in [0.29, 0.717) is 36.4 Å². The number of nitrogens with one attached hydrogen (secondary N) is 3. The second-order valence-corrected chi connectivity index (χ2v) is 16.7. The van der Waals surface area contributed by atoms with Crippen LogP contribution in [0, 0.1) is 11.6 Å². The number of hydrogen-bond acceptors (Lipinski definition) is 9. The Morgan fingerprint density at radius 3 is 2.49 bits per heavy atom. The number of carbonyl (C=O) groups excluding carboxylic acids is 4. The van der Waals surface area contributed by atoms with Crippen molar-refractivity contribution in [2.24, 2.45) is 0 Å². The number of aromatic nitrogens is 2. The summed E-state index contributed by atoms with van der Waals surface area (Å²) in [5.74, 6) is -4.02. The molecule has 4 aliphatic heterocycles. The molecule has 3 N–H and O–H groups in total. The van der Waals surface area contributed by atoms with E-state index >= 15 is 8.78 Å². The van der Waals surface area contributed by atoms with Crippen LogP contribution in [0.5, 0.6) is 5.75 Å². The number of aromatic amines is 1. The molecule has 6 heterocycles. The van der Waals surface area contributed by atoms with E-state index in [1.807, 2.05) is 29.0 Å². The molecule has 5 aromatic rings. The summed E-state index contributed by atoms with van der Waals surface area (Å²) >= 11 is 0. The number of anilines is 2. The summed E-state index contributed by atoms with van der Waals surface area (Å²) in [6.07, 6.45) is 2.88. The van der Waals surface area contributed by atoms with Crippen molar-refractivity contribution < 1.29 is 45.5 Å². The first-order valence-corrected chi connectivity index (χ1v) is 20.5. The van der Waals surface area contributed by atoms with Crippen LogP contribution in [0.1, 0.15) is 57.5 Å². The van der Waals surface area contributed by atoms with E-state index in [2.05, 4.69) is 20.2 Å². The van der Waals surface area contributed by atoms with Gasteiger partial charge in [0.05, 0.1) is 17.3 Å². The lowest BCUT2D eigenvalue weighted by Crippen LogP contribution is -2.52. The van der Waals surface area contributed by atoms with Crippen molar-refractivity contribution in [3.63, 3.8) is 0 Å². The van der Waals surface area contributed by atoms with Crippen molar-refractivity contribution in [3.8, 4) is 16.9 Å². The molecular formula is C41H36F3N7O7S. The number of amides is 3. The minimum Gasteiger partial charge on any atom is -0.491 e. The third kappa shape index (κ3) is 7.05. The highest BCUT2D eigenvalue weighted by Gasteiger charge is 2.40. The molecule has 0 spiro atoms. The number of H-pyrrole nitrogens is 1. The highest BCUT2D eigenvalue weighted by atomic mass is 32.2. The second-order valence-electron chi connectivity index (χ2n) is 15.0. The first-order chi connectivity index (χ1) is 28.3. The minimum absolute atomic E-state index is 0.00762. The van der Waals surface area contributed by atoms with Gasteiger partial charge in [0.2, 0.25) is 17.6 Å². The van der Waals surface area contributed by atoms with Crippen LogP contribution in [0.25, 0.3) is 22.2 Å². The van der Waals surface area contributed by atoms with E-state index in [1.54, 1.807) is 30.5 Å². The molecule has 18 heteroatoms. The Kier molecular flexibility index (Phi) is 9.62. The number of fused-ring (bicyclic) bond motifs is 2. The Balaban J connectivity index is 0.860. The molecule has 304 valence electrons. The van der Waals surface area contributed by atoms with Gasteiger partial charge in [0.25, 0.3) is 5.91 Å². The Hall–Kier alpha value is -6.27. The fourth-order valence-corrected chi connectivity index (χ4v) is 9.33. The lowest BCUT2D eigenvalue weighted by molar-refractivity contribution is -0.136. The molecule has 59 heavy (non-hydrogen) atoms. The van der Waals surface area contributed by atoms with Crippen molar-refractivity contribution in [3.05, 3.63) is 107 Å². The number of hydrogen-bond donors (Lipinski definition) is 3. The minimum atomic E-state index is -4.37. The van der Waals surface area contributed by atoms with Crippen molar-refractivity contribution >= 4 is 56.1 Å². The van der Waals surface area contributed by atoms with Crippen LogP contribution in [-0.2, 0) is 26.3 Å². The van der Waals surface area contributed by atoms with Gasteiger partial charge in [-0.3, -0.25) is 29.2 Å². The molecule has 9 rings (SSSR count). The number of piperidine rings is 1. The Labute approximate surface area is 335 Å². The number of ether oxygens (including phenoxy) is 1. The molecule has 3 aromatic carbocycles. The summed E-state index contributed by atoms with van der Waals surface area (Å²) in [5, 5.41) is 2.61. The largest absolute Gasteiger partial charge is 0.491 e. The van der Waals surface area contributed by atoms with E-state index in [1.165, 1.54) is 11.1 Å². The van der Waals surface area contributed by atoms with Crippen LogP contribution in [-0.4, -0.2) is 95.6 Å². The molecule has 0 bridgehead atoms. The molecule has 14 nitrogen and oxygen atoms in total. The number of carbonyl (C=O) groups is 4. The van der Waals surface area contributed by atoms with Crippen molar-refractivity contribution in [2.45, 2.75) is 50.5 Å². The molecular weight excluding hydrogens is 792 g/mol. The van der Waals surface area contributed by atoms with Crippen LogP contribution >= 0.6 is 0 Å². The number of imide groups is 1. The predicted molar refractivity (Wildman–Crippen MR) is 209 cm³/mol. The Morgan fingerprint density at radius 2 is 1.76 bits per heavy atom. The van der Waals surface area contributed by atoms with E-state index in [0.717, 1.165) is 46.2 Å². The number of benzene rings is 3. The monoisotopic (exact) mass is 827 g/mol. The van der Waals surface area contributed by atoms with Gasteiger partial charge < -0.3 is 19.5 Å². The number of nitrogens with zero attached hydrogens (tertiary/aromatic N) is 4. The van der Waals surface area contributed by atoms with Gasteiger partial charge >= 0.3 is 10.2 Å². The molecule has 4 aliphatic rings. The van der Waals surface area contributed by atoms with Gasteiger partial charge in [-0.25, -0.2) is 18.2 Å². The highest BCUT2D eigenvalue weighted by Crippen LogP contribution is 2.35. The average Bonchev–Trinajstić information content (AvgIpc) is 3.93. The van der Waals surface area contributed by atoms with Crippen molar-refractivity contribution in [1.29, 1.82) is 0 Å². The predicted octanol–water partition coefficient (Wildman–Crippen LogP) is 4.86. The van der Waals surface area contributed by atoms with E-state index in [4.69, 9.17) is 4.74 Å². The molecule has 0 radical (unpaired) electrons. The molecule has 2 aromatic heterocycles. The fraction of sp³-hybridized carbons (Fsp3) is 0.293. The summed E-state index contributed by atoms with van der Waals surface area (Å²) in [5.41, 5.74) is 2.24. The number of rotatable bonds is 11. The van der Waals surface area contributed by atoms with Gasteiger partial charge in [-0.15, -0.1) is 0 Å². The molecule has 0 aliphatic carbocycles. The normalized spacial score (nSPS) is 20.8. The lowest BCUT2D eigenvalue weighted by atomic mass is 9.99. The first-order valence-electron chi connectivity index (χ1n) is 19.0. The molecule has 3 amide bonds. The zero-order chi connectivity index (χ0) is 41.2. The maximum atomic E-state index is 15.7. The Morgan fingerprint density at radius 1 is 0.949 bits per heavy atom. The SMILES string of the molecule is O=C1CCC(N2Cc3cc(N4CC[C@@H]4COc4ccc(-c5cnc6[nH]cc(C(=O)c7c(F)ccc(NS(=O)(=O)N8CC[C@@H](F)C8)c7F)c6c5)cc4)ccc3C2=O)C(=O)N1. The van der Waals surface area contributed by atoms with Gasteiger partial charge in [0, 0.05) is 72.8 Å². The zero-order valence-corrected chi connectivity index (χ0v) is 32.0. The number of alkyl halides is 1. The Bertz CT molecular complexity index is 2680. The third-order valence-electron chi connectivity index (χ3n) is 11.4. The van der Waals surface area contributed by atoms with Crippen molar-refractivity contribution in [1.82, 2.24) is 24.5 Å². The summed E-state index contributed by atoms with van der Waals surface area (Å²) in [4.78, 5) is 61.8. The van der Waals surface area contributed by atoms with Crippen LogP contribution in [0.15, 0.2) is 73.1 Å². The number of halogens is 3. The highest BCUT2D eigenvalue weighted by molar-refractivity contribution is 7.90. The van der Waals surface area contributed by atoms with Gasteiger partial charge in [0.15, 0.2) is 5.82 Å². The smallest absolute Gasteiger partial charge is 0.301 e. The molecule has 3 saturated heterocycles. The van der Waals surface area contributed by atoms with Gasteiger partial charge in [-0.2, -0.15) is 12.7 Å². The van der Waals surface area contributed by atoms with E-state index in [9.17, 15) is 32.0 Å². The van der Waals surface area contributed by atoms with Crippen molar-refractivity contribution in [2.75, 3.05) is 35.9 Å². The molecule has 3 fully saturated rings. The molecule has 3 atom stereocenters. The summed E-state index contributed by atoms with van der Waals surface area (Å²) in [6.45, 7) is 0.987. The zero-order valence-electron chi connectivity index (χ0n) is 31.2. The van der Waals surface area contributed by atoms with Crippen LogP contribution in [0.3, 0.4) is 0 Å². The fourth-order valence-electron chi connectivity index (χ4n) is 8.06. The van der Waals surface area contributed by atoms with Gasteiger partial charge in [-0.1, -0.05) is 12.1 Å². The third-order valence-corrected chi connectivity index (χ3v) is 12.9. The lowest BCUT2D eigenvalue weighted by Gasteiger charge is -2.42. The first kappa shape index (κ1) is 38.3. The standard InChI is InChI=1S/C41H36F3N7O7S/c42-25-11-13-49(20-25)59(56,57)48-33-8-7-32(43)36(37(33)44)38(53)31-18-46-39-30(31)16-23(17-45-39)22-1-4-28(5-2-22)58-21-27-12-14-50(27)26-3-6-29-24(15-26)19-51(41(29)55)34-9-10-35(52)47-40(34)54/h1-8,15-18,25,27,34,48H,9-14,19-21H2,(H,45,46)(H,47,52,54)/t25-,27-,34?/m1/s1.